The van der Waals surface area contributed by atoms with Gasteiger partial charge in [0.1, 0.15) is 6.61 Å². The summed E-state index contributed by atoms with van der Waals surface area (Å²) in [5.74, 6) is 0.138. The minimum Gasteiger partial charge on any atom is -0.482 e. The predicted molar refractivity (Wildman–Crippen MR) is 93.7 cm³/mol. The number of nitrogens with one attached hydrogen (secondary N) is 1. The number of amides is 1. The Morgan fingerprint density at radius 2 is 1.96 bits per heavy atom. The summed E-state index contributed by atoms with van der Waals surface area (Å²) < 4.78 is 10.5. The number of nitro benzene ring substituents is 1. The quantitative estimate of drug-likeness (QED) is 0.432. The summed E-state index contributed by atoms with van der Waals surface area (Å²) in [7, 11) is 0. The third-order valence-corrected chi connectivity index (χ3v) is 3.37. The molecule has 0 fully saturated rings. The Balaban J connectivity index is 2.04. The lowest BCUT2D eigenvalue weighted by molar-refractivity contribution is -0.385. The van der Waals surface area contributed by atoms with E-state index in [0.29, 0.717) is 6.61 Å². The standard InChI is InChI=1S/C18H20N2O5/c1-2-3-11-24-18(21)19-15-9-10-17(16(12-15)20(22)23)25-13-14-7-5-4-6-8-14/h4-10,12H,2-3,11,13H2,1H3,(H,19,21). The molecule has 0 aliphatic carbocycles. The zero-order valence-corrected chi connectivity index (χ0v) is 13.9. The van der Waals surface area contributed by atoms with Gasteiger partial charge in [-0.2, -0.15) is 0 Å². The molecule has 1 amide bonds. The molecule has 0 aliphatic heterocycles. The Kier molecular flexibility index (Phi) is 6.76. The van der Waals surface area contributed by atoms with E-state index in [1.165, 1.54) is 18.2 Å². The molecule has 0 spiro atoms. The molecule has 0 aliphatic rings. The first-order chi connectivity index (χ1) is 12.1. The Morgan fingerprint density at radius 1 is 1.20 bits per heavy atom. The van der Waals surface area contributed by atoms with Crippen molar-refractivity contribution in [2.75, 3.05) is 11.9 Å². The molecule has 0 bridgehead atoms. The van der Waals surface area contributed by atoms with Crippen LogP contribution < -0.4 is 10.1 Å². The van der Waals surface area contributed by atoms with E-state index in [1.54, 1.807) is 0 Å². The van der Waals surface area contributed by atoms with Crippen LogP contribution >= 0.6 is 0 Å². The lowest BCUT2D eigenvalue weighted by Crippen LogP contribution is -2.14. The van der Waals surface area contributed by atoms with Gasteiger partial charge >= 0.3 is 11.8 Å². The minimum absolute atomic E-state index is 0.138. The van der Waals surface area contributed by atoms with Crippen LogP contribution in [-0.2, 0) is 11.3 Å². The summed E-state index contributed by atoms with van der Waals surface area (Å²) in [5, 5.41) is 13.7. The molecule has 0 aromatic heterocycles. The van der Waals surface area contributed by atoms with E-state index in [0.717, 1.165) is 18.4 Å². The highest BCUT2D eigenvalue weighted by molar-refractivity contribution is 5.85. The molecule has 2 rings (SSSR count). The Bertz CT molecular complexity index is 719. The molecule has 1 N–H and O–H groups in total. The summed E-state index contributed by atoms with van der Waals surface area (Å²) in [6.45, 7) is 2.51. The molecule has 7 heteroatoms. The molecular formula is C18H20N2O5. The van der Waals surface area contributed by atoms with Crippen molar-refractivity contribution < 1.29 is 19.2 Å². The number of anilines is 1. The van der Waals surface area contributed by atoms with Crippen molar-refractivity contribution in [1.82, 2.24) is 0 Å². The minimum atomic E-state index is -0.638. The molecule has 0 saturated heterocycles. The van der Waals surface area contributed by atoms with E-state index in [2.05, 4.69) is 5.32 Å². The smallest absolute Gasteiger partial charge is 0.411 e. The fourth-order valence-corrected chi connectivity index (χ4v) is 2.06. The van der Waals surface area contributed by atoms with E-state index in [-0.39, 0.29) is 23.7 Å². The maximum absolute atomic E-state index is 11.6. The summed E-state index contributed by atoms with van der Waals surface area (Å²) in [4.78, 5) is 22.3. The zero-order valence-electron chi connectivity index (χ0n) is 13.9. The van der Waals surface area contributed by atoms with E-state index >= 15 is 0 Å². The van der Waals surface area contributed by atoms with Gasteiger partial charge in [0.2, 0.25) is 0 Å². The summed E-state index contributed by atoms with van der Waals surface area (Å²) in [6.07, 6.45) is 1.03. The van der Waals surface area contributed by atoms with Crippen LogP contribution in [0.25, 0.3) is 0 Å². The highest BCUT2D eigenvalue weighted by atomic mass is 16.6. The number of rotatable bonds is 8. The maximum atomic E-state index is 11.6. The van der Waals surface area contributed by atoms with Crippen molar-refractivity contribution in [3.05, 3.63) is 64.2 Å². The topological polar surface area (TPSA) is 90.7 Å². The van der Waals surface area contributed by atoms with E-state index in [9.17, 15) is 14.9 Å². The highest BCUT2D eigenvalue weighted by Gasteiger charge is 2.17. The number of nitro groups is 1. The number of carbonyl (C=O) groups is 1. The molecule has 2 aromatic carbocycles. The van der Waals surface area contributed by atoms with E-state index < -0.39 is 11.0 Å². The van der Waals surface area contributed by atoms with Gasteiger partial charge in [-0.05, 0) is 24.1 Å². The Labute approximate surface area is 145 Å². The number of unbranched alkanes of at least 4 members (excludes halogenated alkanes) is 1. The first-order valence-corrected chi connectivity index (χ1v) is 7.99. The third kappa shape index (κ3) is 5.80. The fraction of sp³-hybridized carbons (Fsp3) is 0.278. The van der Waals surface area contributed by atoms with Crippen molar-refractivity contribution in [3.8, 4) is 5.75 Å². The van der Waals surface area contributed by atoms with E-state index in [1.807, 2.05) is 37.3 Å². The van der Waals surface area contributed by atoms with Crippen molar-refractivity contribution >= 4 is 17.5 Å². The molecule has 0 atom stereocenters. The Hall–Kier alpha value is -3.09. The molecule has 132 valence electrons. The van der Waals surface area contributed by atoms with Gasteiger partial charge in [0.15, 0.2) is 5.75 Å². The van der Waals surface area contributed by atoms with Crippen LogP contribution in [-0.4, -0.2) is 17.6 Å². The van der Waals surface area contributed by atoms with E-state index in [4.69, 9.17) is 9.47 Å². The molecular weight excluding hydrogens is 324 g/mol. The molecule has 0 unspecified atom stereocenters. The molecule has 25 heavy (non-hydrogen) atoms. The predicted octanol–water partition coefficient (Wildman–Crippen LogP) is 4.52. The van der Waals surface area contributed by atoms with Crippen LogP contribution in [0.15, 0.2) is 48.5 Å². The van der Waals surface area contributed by atoms with Crippen molar-refractivity contribution in [1.29, 1.82) is 0 Å². The summed E-state index contributed by atoms with van der Waals surface area (Å²) >= 11 is 0. The number of hydrogen-bond donors (Lipinski definition) is 1. The van der Waals surface area contributed by atoms with Crippen molar-refractivity contribution in [2.24, 2.45) is 0 Å². The lowest BCUT2D eigenvalue weighted by atomic mass is 10.2. The molecule has 0 radical (unpaired) electrons. The summed E-state index contributed by atoms with van der Waals surface area (Å²) in [6, 6.07) is 13.6. The highest BCUT2D eigenvalue weighted by Crippen LogP contribution is 2.30. The van der Waals surface area contributed by atoms with Gasteiger partial charge in [0, 0.05) is 6.07 Å². The second-order valence-corrected chi connectivity index (χ2v) is 5.33. The number of carbonyl (C=O) groups excluding carboxylic acids is 1. The summed E-state index contributed by atoms with van der Waals surface area (Å²) in [5.41, 5.74) is 0.959. The largest absolute Gasteiger partial charge is 0.482 e. The van der Waals surface area contributed by atoms with Gasteiger partial charge < -0.3 is 9.47 Å². The monoisotopic (exact) mass is 344 g/mol. The molecule has 2 aromatic rings. The van der Waals surface area contributed by atoms with Gasteiger partial charge in [-0.25, -0.2) is 4.79 Å². The van der Waals surface area contributed by atoms with Crippen LogP contribution in [0.4, 0.5) is 16.2 Å². The van der Waals surface area contributed by atoms with Gasteiger partial charge in [0.05, 0.1) is 17.2 Å². The Morgan fingerprint density at radius 3 is 2.64 bits per heavy atom. The average Bonchev–Trinajstić information content (AvgIpc) is 2.61. The second-order valence-electron chi connectivity index (χ2n) is 5.33. The number of hydrogen-bond acceptors (Lipinski definition) is 5. The number of benzene rings is 2. The first-order valence-electron chi connectivity index (χ1n) is 7.99. The average molecular weight is 344 g/mol. The molecule has 7 nitrogen and oxygen atoms in total. The van der Waals surface area contributed by atoms with Gasteiger partial charge in [-0.15, -0.1) is 0 Å². The molecule has 0 heterocycles. The number of ether oxygens (including phenoxy) is 2. The normalized spacial score (nSPS) is 10.1. The van der Waals surface area contributed by atoms with Gasteiger partial charge in [0.25, 0.3) is 0 Å². The second kappa shape index (κ2) is 9.27. The van der Waals surface area contributed by atoms with Crippen LogP contribution in [0.2, 0.25) is 0 Å². The first kappa shape index (κ1) is 18.3. The van der Waals surface area contributed by atoms with Crippen LogP contribution in [0.1, 0.15) is 25.3 Å². The maximum Gasteiger partial charge on any atom is 0.411 e. The fourth-order valence-electron chi connectivity index (χ4n) is 2.06. The van der Waals surface area contributed by atoms with Crippen molar-refractivity contribution in [3.63, 3.8) is 0 Å². The van der Waals surface area contributed by atoms with Crippen LogP contribution in [0.3, 0.4) is 0 Å². The van der Waals surface area contributed by atoms with Gasteiger partial charge in [-0.1, -0.05) is 43.7 Å². The van der Waals surface area contributed by atoms with Gasteiger partial charge in [-0.3, -0.25) is 15.4 Å². The lowest BCUT2D eigenvalue weighted by Gasteiger charge is -2.10. The SMILES string of the molecule is CCCCOC(=O)Nc1ccc(OCc2ccccc2)c([N+](=O)[O-])c1. The van der Waals surface area contributed by atoms with Crippen molar-refractivity contribution in [2.45, 2.75) is 26.4 Å². The van der Waals surface area contributed by atoms with Crippen LogP contribution in [0.5, 0.6) is 5.75 Å². The van der Waals surface area contributed by atoms with Crippen LogP contribution in [0, 0.1) is 10.1 Å². The zero-order chi connectivity index (χ0) is 18.1. The number of nitrogens with zero attached hydrogens (tertiary/aromatic N) is 1. The third-order valence-electron chi connectivity index (χ3n) is 3.37. The molecule has 0 saturated carbocycles.